The average molecular weight is 221 g/mol. The number of benzene rings is 1. The molecule has 0 saturated carbocycles. The highest BCUT2D eigenvalue weighted by Gasteiger charge is 2.24. The normalized spacial score (nSPS) is 25.3. The van der Waals surface area contributed by atoms with Crippen molar-refractivity contribution in [2.24, 2.45) is 5.92 Å². The molecule has 0 amide bonds. The van der Waals surface area contributed by atoms with Crippen LogP contribution in [0.1, 0.15) is 12.5 Å². The standard InChI is InChI=1S/C13H16FNO/c1-9-13(8-16)12(6-7-15-9)10-2-4-11(14)5-3-10/h2-6,9,13,15-16H,7-8H2,1H3. The Bertz CT molecular complexity index is 385. The lowest BCUT2D eigenvalue weighted by atomic mass is 9.85. The van der Waals surface area contributed by atoms with Crippen LogP contribution in [0.2, 0.25) is 0 Å². The Hall–Kier alpha value is -1.19. The number of aliphatic hydroxyl groups excluding tert-OH is 1. The maximum Gasteiger partial charge on any atom is 0.123 e. The minimum absolute atomic E-state index is 0.0826. The second kappa shape index (κ2) is 4.76. The molecule has 16 heavy (non-hydrogen) atoms. The van der Waals surface area contributed by atoms with Gasteiger partial charge in [0, 0.05) is 18.5 Å². The van der Waals surface area contributed by atoms with Crippen molar-refractivity contribution in [2.75, 3.05) is 13.2 Å². The van der Waals surface area contributed by atoms with Crippen LogP contribution in [-0.4, -0.2) is 24.3 Å². The van der Waals surface area contributed by atoms with Gasteiger partial charge in [-0.1, -0.05) is 18.2 Å². The van der Waals surface area contributed by atoms with Gasteiger partial charge in [-0.05, 0) is 30.2 Å². The molecular weight excluding hydrogens is 205 g/mol. The van der Waals surface area contributed by atoms with Crippen molar-refractivity contribution in [3.8, 4) is 0 Å². The molecule has 1 aliphatic heterocycles. The van der Waals surface area contributed by atoms with Gasteiger partial charge in [0.15, 0.2) is 0 Å². The van der Waals surface area contributed by atoms with Gasteiger partial charge in [-0.15, -0.1) is 0 Å². The van der Waals surface area contributed by atoms with Gasteiger partial charge in [0.05, 0.1) is 6.61 Å². The minimum atomic E-state index is -0.230. The van der Waals surface area contributed by atoms with E-state index in [0.717, 1.165) is 17.7 Å². The summed E-state index contributed by atoms with van der Waals surface area (Å²) in [6.07, 6.45) is 2.06. The summed E-state index contributed by atoms with van der Waals surface area (Å²) in [6, 6.07) is 6.69. The smallest absolute Gasteiger partial charge is 0.123 e. The Balaban J connectivity index is 2.31. The molecule has 86 valence electrons. The van der Waals surface area contributed by atoms with Gasteiger partial charge in [-0.2, -0.15) is 0 Å². The molecule has 2 atom stereocenters. The Morgan fingerprint density at radius 2 is 2.06 bits per heavy atom. The number of hydrogen-bond donors (Lipinski definition) is 2. The molecule has 0 saturated heterocycles. The fourth-order valence-corrected chi connectivity index (χ4v) is 2.15. The van der Waals surface area contributed by atoms with Crippen LogP contribution >= 0.6 is 0 Å². The minimum Gasteiger partial charge on any atom is -0.396 e. The Morgan fingerprint density at radius 1 is 1.38 bits per heavy atom. The highest BCUT2D eigenvalue weighted by molar-refractivity contribution is 5.69. The molecule has 0 spiro atoms. The summed E-state index contributed by atoms with van der Waals surface area (Å²) in [7, 11) is 0. The molecule has 0 aliphatic carbocycles. The maximum absolute atomic E-state index is 12.8. The Labute approximate surface area is 94.8 Å². The lowest BCUT2D eigenvalue weighted by Crippen LogP contribution is -2.39. The molecule has 3 heteroatoms. The summed E-state index contributed by atoms with van der Waals surface area (Å²) in [5.41, 5.74) is 2.10. The zero-order valence-electron chi connectivity index (χ0n) is 9.28. The van der Waals surface area contributed by atoms with Crippen LogP contribution < -0.4 is 5.32 Å². The number of hydrogen-bond acceptors (Lipinski definition) is 2. The van der Waals surface area contributed by atoms with E-state index in [1.165, 1.54) is 12.1 Å². The van der Waals surface area contributed by atoms with Gasteiger partial charge in [0.2, 0.25) is 0 Å². The second-order valence-electron chi connectivity index (χ2n) is 4.15. The summed E-state index contributed by atoms with van der Waals surface area (Å²) >= 11 is 0. The van der Waals surface area contributed by atoms with E-state index in [1.54, 1.807) is 12.1 Å². The third kappa shape index (κ3) is 2.15. The molecule has 2 nitrogen and oxygen atoms in total. The Morgan fingerprint density at radius 3 is 2.69 bits per heavy atom. The van der Waals surface area contributed by atoms with Crippen molar-refractivity contribution in [1.29, 1.82) is 0 Å². The zero-order valence-corrected chi connectivity index (χ0v) is 9.28. The molecule has 1 heterocycles. The summed E-state index contributed by atoms with van der Waals surface area (Å²) in [5, 5.41) is 12.7. The molecule has 0 bridgehead atoms. The summed E-state index contributed by atoms with van der Waals surface area (Å²) in [6.45, 7) is 2.96. The van der Waals surface area contributed by atoms with Gasteiger partial charge in [-0.3, -0.25) is 0 Å². The highest BCUT2D eigenvalue weighted by Crippen LogP contribution is 2.28. The van der Waals surface area contributed by atoms with E-state index in [0.29, 0.717) is 0 Å². The average Bonchev–Trinajstić information content (AvgIpc) is 2.30. The van der Waals surface area contributed by atoms with Gasteiger partial charge >= 0.3 is 0 Å². The van der Waals surface area contributed by atoms with Crippen molar-refractivity contribution >= 4 is 5.57 Å². The number of halogens is 1. The number of rotatable bonds is 2. The van der Waals surface area contributed by atoms with Gasteiger partial charge in [0.1, 0.15) is 5.82 Å². The fraction of sp³-hybridized carbons (Fsp3) is 0.385. The second-order valence-corrected chi connectivity index (χ2v) is 4.15. The van der Waals surface area contributed by atoms with Crippen LogP contribution in [-0.2, 0) is 0 Å². The van der Waals surface area contributed by atoms with E-state index in [2.05, 4.69) is 18.3 Å². The Kier molecular flexibility index (Phi) is 3.36. The van der Waals surface area contributed by atoms with Crippen LogP contribution in [0.4, 0.5) is 4.39 Å². The topological polar surface area (TPSA) is 32.3 Å². The van der Waals surface area contributed by atoms with Crippen molar-refractivity contribution < 1.29 is 9.50 Å². The van der Waals surface area contributed by atoms with E-state index in [-0.39, 0.29) is 24.4 Å². The third-order valence-electron chi connectivity index (χ3n) is 3.14. The van der Waals surface area contributed by atoms with Gasteiger partial charge in [0.25, 0.3) is 0 Å². The summed E-state index contributed by atoms with van der Waals surface area (Å²) in [4.78, 5) is 0. The SMILES string of the molecule is CC1NCC=C(c2ccc(F)cc2)C1CO. The van der Waals surface area contributed by atoms with Crippen molar-refractivity contribution in [3.05, 3.63) is 41.7 Å². The number of nitrogens with one attached hydrogen (secondary N) is 1. The predicted octanol–water partition coefficient (Wildman–Crippen LogP) is 1.81. The van der Waals surface area contributed by atoms with Crippen molar-refractivity contribution in [2.45, 2.75) is 13.0 Å². The molecule has 2 unspecified atom stereocenters. The molecule has 1 aromatic carbocycles. The van der Waals surface area contributed by atoms with Crippen LogP contribution in [0.5, 0.6) is 0 Å². The maximum atomic E-state index is 12.8. The molecule has 2 rings (SSSR count). The van der Waals surface area contributed by atoms with Crippen LogP contribution in [0.3, 0.4) is 0 Å². The summed E-state index contributed by atoms with van der Waals surface area (Å²) < 4.78 is 12.8. The first kappa shape index (κ1) is 11.3. The highest BCUT2D eigenvalue weighted by atomic mass is 19.1. The first-order valence-electron chi connectivity index (χ1n) is 5.52. The molecule has 1 aliphatic rings. The van der Waals surface area contributed by atoms with E-state index in [1.807, 2.05) is 0 Å². The van der Waals surface area contributed by atoms with E-state index >= 15 is 0 Å². The van der Waals surface area contributed by atoms with E-state index in [9.17, 15) is 9.50 Å². The number of aliphatic hydroxyl groups is 1. The van der Waals surface area contributed by atoms with E-state index < -0.39 is 0 Å². The van der Waals surface area contributed by atoms with Gasteiger partial charge in [-0.25, -0.2) is 4.39 Å². The third-order valence-corrected chi connectivity index (χ3v) is 3.14. The molecule has 0 aromatic heterocycles. The largest absolute Gasteiger partial charge is 0.396 e. The molecule has 2 N–H and O–H groups in total. The van der Waals surface area contributed by atoms with Crippen LogP contribution in [0.25, 0.3) is 5.57 Å². The van der Waals surface area contributed by atoms with Crippen LogP contribution in [0.15, 0.2) is 30.3 Å². The quantitative estimate of drug-likeness (QED) is 0.798. The lowest BCUT2D eigenvalue weighted by molar-refractivity contribution is 0.228. The summed E-state index contributed by atoms with van der Waals surface area (Å²) in [5.74, 6) is -0.147. The zero-order chi connectivity index (χ0) is 11.5. The van der Waals surface area contributed by atoms with E-state index in [4.69, 9.17) is 0 Å². The van der Waals surface area contributed by atoms with Crippen LogP contribution in [0, 0.1) is 11.7 Å². The molecular formula is C13H16FNO. The molecule has 0 radical (unpaired) electrons. The van der Waals surface area contributed by atoms with Crippen molar-refractivity contribution in [1.82, 2.24) is 5.32 Å². The molecule has 0 fully saturated rings. The first-order chi connectivity index (χ1) is 7.72. The monoisotopic (exact) mass is 221 g/mol. The fourth-order valence-electron chi connectivity index (χ4n) is 2.15. The predicted molar refractivity (Wildman–Crippen MR) is 62.4 cm³/mol. The lowest BCUT2D eigenvalue weighted by Gasteiger charge is -2.30. The van der Waals surface area contributed by atoms with Gasteiger partial charge < -0.3 is 10.4 Å². The van der Waals surface area contributed by atoms with Crippen molar-refractivity contribution in [3.63, 3.8) is 0 Å². The first-order valence-corrected chi connectivity index (χ1v) is 5.52. The molecule has 1 aromatic rings.